The first kappa shape index (κ1) is 17.7. The van der Waals surface area contributed by atoms with E-state index in [0.29, 0.717) is 0 Å². The van der Waals surface area contributed by atoms with Crippen LogP contribution in [0.3, 0.4) is 0 Å². The zero-order valence-corrected chi connectivity index (χ0v) is 13.2. The molecule has 0 saturated carbocycles. The molecule has 4 N–H and O–H groups in total. The number of hydrogen-bond acceptors (Lipinski definition) is 4. The summed E-state index contributed by atoms with van der Waals surface area (Å²) in [5.74, 6) is -3.73. The highest BCUT2D eigenvalue weighted by molar-refractivity contribution is 5.92. The minimum atomic E-state index is -3.07. The molecule has 126 valence electrons. The second-order valence-corrected chi connectivity index (χ2v) is 5.76. The van der Waals surface area contributed by atoms with Crippen LogP contribution in [0.2, 0.25) is 0 Å². The predicted octanol–water partition coefficient (Wildman–Crippen LogP) is 1.55. The molecule has 0 aliphatic rings. The fourth-order valence-electron chi connectivity index (χ4n) is 2.56. The molecule has 0 spiro atoms. The Kier molecular flexibility index (Phi) is 4.46. The molecule has 0 unspecified atom stereocenters. The lowest BCUT2D eigenvalue weighted by atomic mass is 9.73. The highest BCUT2D eigenvalue weighted by Gasteiger charge is 2.63. The van der Waals surface area contributed by atoms with Crippen LogP contribution in [-0.2, 0) is 20.8 Å². The Balaban J connectivity index is 2.77. The van der Waals surface area contributed by atoms with Gasteiger partial charge in [-0.2, -0.15) is 0 Å². The largest absolute Gasteiger partial charge is 0.479 e. The highest BCUT2D eigenvalue weighted by Crippen LogP contribution is 2.41. The lowest BCUT2D eigenvalue weighted by Gasteiger charge is -2.37. The minimum Gasteiger partial charge on any atom is -0.479 e. The number of aliphatic carboxylic acids is 2. The summed E-state index contributed by atoms with van der Waals surface area (Å²) >= 11 is 0. The molecule has 0 radical (unpaired) electrons. The number of carbonyl (C=O) groups is 2. The standard InChI is InChI=1S/C18H18O6/c1-11-3-7-13(8-4-11)17(23,15(19)20)18(24,16(21)22)14-9-5-12(2)6-10-14/h3-10,23-24H,1-2H3,(H,19,20)(H,21,22)/t17-,18-/m0/s1. The van der Waals surface area contributed by atoms with Gasteiger partial charge in [-0.1, -0.05) is 59.7 Å². The summed E-state index contributed by atoms with van der Waals surface area (Å²) < 4.78 is 0. The summed E-state index contributed by atoms with van der Waals surface area (Å²) in [5.41, 5.74) is -5.01. The molecular formula is C18H18O6. The minimum absolute atomic E-state index is 0.230. The first-order valence-corrected chi connectivity index (χ1v) is 7.20. The smallest absolute Gasteiger partial charge is 0.344 e. The number of aryl methyl sites for hydroxylation is 2. The van der Waals surface area contributed by atoms with Gasteiger partial charge in [0, 0.05) is 0 Å². The van der Waals surface area contributed by atoms with Crippen molar-refractivity contribution in [2.75, 3.05) is 0 Å². The van der Waals surface area contributed by atoms with Crippen molar-refractivity contribution in [2.24, 2.45) is 0 Å². The zero-order chi connectivity index (χ0) is 18.1. The third kappa shape index (κ3) is 2.55. The summed E-state index contributed by atoms with van der Waals surface area (Å²) in [6.07, 6.45) is 0. The number of benzene rings is 2. The molecule has 6 nitrogen and oxygen atoms in total. The fraction of sp³-hybridized carbons (Fsp3) is 0.222. The lowest BCUT2D eigenvalue weighted by molar-refractivity contribution is -0.213. The molecule has 0 aliphatic carbocycles. The van der Waals surface area contributed by atoms with Crippen LogP contribution in [0.4, 0.5) is 0 Å². The normalized spacial score (nSPS) is 16.0. The Morgan fingerprint density at radius 2 is 0.917 bits per heavy atom. The van der Waals surface area contributed by atoms with E-state index in [4.69, 9.17) is 0 Å². The van der Waals surface area contributed by atoms with Gasteiger partial charge in [0.1, 0.15) is 0 Å². The van der Waals surface area contributed by atoms with E-state index < -0.39 is 23.1 Å². The Morgan fingerprint density at radius 1 is 0.667 bits per heavy atom. The molecule has 0 saturated heterocycles. The molecule has 2 aromatic rings. The van der Waals surface area contributed by atoms with E-state index in [-0.39, 0.29) is 11.1 Å². The molecule has 0 fully saturated rings. The van der Waals surface area contributed by atoms with Crippen LogP contribution < -0.4 is 0 Å². The van der Waals surface area contributed by atoms with Gasteiger partial charge < -0.3 is 20.4 Å². The van der Waals surface area contributed by atoms with Gasteiger partial charge in [0.2, 0.25) is 11.2 Å². The molecule has 24 heavy (non-hydrogen) atoms. The van der Waals surface area contributed by atoms with E-state index in [9.17, 15) is 30.0 Å². The average Bonchev–Trinajstić information content (AvgIpc) is 2.54. The second kappa shape index (κ2) is 6.07. The van der Waals surface area contributed by atoms with Gasteiger partial charge in [-0.15, -0.1) is 0 Å². The van der Waals surface area contributed by atoms with E-state index in [1.807, 2.05) is 0 Å². The van der Waals surface area contributed by atoms with Crippen molar-refractivity contribution in [3.05, 3.63) is 70.8 Å². The molecular weight excluding hydrogens is 312 g/mol. The van der Waals surface area contributed by atoms with Crippen molar-refractivity contribution in [3.8, 4) is 0 Å². The topological polar surface area (TPSA) is 115 Å². The van der Waals surface area contributed by atoms with Gasteiger partial charge in [0.05, 0.1) is 0 Å². The van der Waals surface area contributed by atoms with Gasteiger partial charge in [0.15, 0.2) is 0 Å². The van der Waals surface area contributed by atoms with E-state index in [1.165, 1.54) is 48.5 Å². The second-order valence-electron chi connectivity index (χ2n) is 5.76. The summed E-state index contributed by atoms with van der Waals surface area (Å²) in [6.45, 7) is 3.51. The van der Waals surface area contributed by atoms with Gasteiger partial charge in [-0.05, 0) is 25.0 Å². The Bertz CT molecular complexity index is 698. The maximum absolute atomic E-state index is 11.8. The van der Waals surface area contributed by atoms with Crippen molar-refractivity contribution in [3.63, 3.8) is 0 Å². The maximum Gasteiger partial charge on any atom is 0.344 e. The molecule has 0 aromatic heterocycles. The SMILES string of the molecule is Cc1ccc([C@](O)(C(=O)O)[C@@](O)(C(=O)O)c2ccc(C)cc2)cc1. The third-order valence-corrected chi connectivity index (χ3v) is 4.08. The molecule has 0 aliphatic heterocycles. The number of hydrogen-bond donors (Lipinski definition) is 4. The van der Waals surface area contributed by atoms with Crippen molar-refractivity contribution < 1.29 is 30.0 Å². The van der Waals surface area contributed by atoms with Crippen LogP contribution in [0, 0.1) is 13.8 Å². The number of carboxylic acid groups (broad SMARTS) is 2. The predicted molar refractivity (Wildman–Crippen MR) is 85.4 cm³/mol. The average molecular weight is 330 g/mol. The van der Waals surface area contributed by atoms with Crippen LogP contribution in [0.1, 0.15) is 22.3 Å². The summed E-state index contributed by atoms with van der Waals surface area (Å²) in [5, 5.41) is 40.8. The van der Waals surface area contributed by atoms with Crippen LogP contribution in [0.25, 0.3) is 0 Å². The van der Waals surface area contributed by atoms with E-state index in [2.05, 4.69) is 0 Å². The van der Waals surface area contributed by atoms with E-state index in [1.54, 1.807) is 13.8 Å². The third-order valence-electron chi connectivity index (χ3n) is 4.08. The van der Waals surface area contributed by atoms with Gasteiger partial charge >= 0.3 is 11.9 Å². The summed E-state index contributed by atoms with van der Waals surface area (Å²) in [6, 6.07) is 11.2. The quantitative estimate of drug-likeness (QED) is 0.661. The molecule has 6 heteroatoms. The molecule has 0 bridgehead atoms. The number of carboxylic acids is 2. The Labute approximate surface area is 138 Å². The Morgan fingerprint density at radius 3 is 1.12 bits per heavy atom. The molecule has 2 atom stereocenters. The van der Waals surface area contributed by atoms with Crippen molar-refractivity contribution in [1.29, 1.82) is 0 Å². The summed E-state index contributed by atoms with van der Waals surface area (Å²) in [7, 11) is 0. The van der Waals surface area contributed by atoms with Gasteiger partial charge in [-0.25, -0.2) is 9.59 Å². The van der Waals surface area contributed by atoms with Gasteiger partial charge in [0.25, 0.3) is 0 Å². The molecule has 0 heterocycles. The maximum atomic E-state index is 11.8. The monoisotopic (exact) mass is 330 g/mol. The van der Waals surface area contributed by atoms with Crippen LogP contribution >= 0.6 is 0 Å². The van der Waals surface area contributed by atoms with Crippen molar-refractivity contribution in [1.82, 2.24) is 0 Å². The van der Waals surface area contributed by atoms with Gasteiger partial charge in [-0.3, -0.25) is 0 Å². The highest BCUT2D eigenvalue weighted by atomic mass is 16.5. The fourth-order valence-corrected chi connectivity index (χ4v) is 2.56. The molecule has 2 aromatic carbocycles. The van der Waals surface area contributed by atoms with E-state index in [0.717, 1.165) is 11.1 Å². The van der Waals surface area contributed by atoms with Crippen LogP contribution in [0.15, 0.2) is 48.5 Å². The van der Waals surface area contributed by atoms with Crippen molar-refractivity contribution in [2.45, 2.75) is 25.0 Å². The molecule has 0 amide bonds. The van der Waals surface area contributed by atoms with E-state index >= 15 is 0 Å². The lowest BCUT2D eigenvalue weighted by Crippen LogP contribution is -2.59. The zero-order valence-electron chi connectivity index (χ0n) is 13.2. The van der Waals surface area contributed by atoms with Crippen LogP contribution in [-0.4, -0.2) is 32.4 Å². The number of aliphatic hydroxyl groups is 2. The Hall–Kier alpha value is -2.70. The first-order chi connectivity index (χ1) is 11.1. The number of rotatable bonds is 5. The first-order valence-electron chi connectivity index (χ1n) is 7.20. The molecule has 2 rings (SSSR count). The van der Waals surface area contributed by atoms with Crippen LogP contribution in [0.5, 0.6) is 0 Å². The van der Waals surface area contributed by atoms with Crippen molar-refractivity contribution >= 4 is 11.9 Å². The summed E-state index contributed by atoms with van der Waals surface area (Å²) in [4.78, 5) is 23.6.